The van der Waals surface area contributed by atoms with Crippen molar-refractivity contribution in [2.45, 2.75) is 0 Å². The second kappa shape index (κ2) is 5.77. The van der Waals surface area contributed by atoms with Crippen molar-refractivity contribution in [1.29, 1.82) is 0 Å². The Bertz CT molecular complexity index is 723. The number of nitrogens with one attached hydrogen (secondary N) is 1. The van der Waals surface area contributed by atoms with Gasteiger partial charge in [0.15, 0.2) is 5.69 Å². The number of aromatic nitrogens is 2. The summed E-state index contributed by atoms with van der Waals surface area (Å²) in [6.07, 6.45) is 2.57. The van der Waals surface area contributed by atoms with Gasteiger partial charge in [0.1, 0.15) is 11.9 Å². The van der Waals surface area contributed by atoms with E-state index in [0.29, 0.717) is 5.69 Å². The van der Waals surface area contributed by atoms with Gasteiger partial charge in [-0.3, -0.25) is 15.5 Å². The van der Waals surface area contributed by atoms with E-state index in [2.05, 4.69) is 15.5 Å². The second-order valence-electron chi connectivity index (χ2n) is 3.94. The van der Waals surface area contributed by atoms with Crippen molar-refractivity contribution in [3.63, 3.8) is 0 Å². The second-order valence-corrected chi connectivity index (χ2v) is 3.94. The number of rotatable bonds is 5. The molecule has 0 unspecified atom stereocenters. The van der Waals surface area contributed by atoms with Crippen LogP contribution in [0.5, 0.6) is 0 Å². The smallest absolute Gasteiger partial charge is 0.390 e. The predicted molar refractivity (Wildman–Crippen MR) is 74.2 cm³/mol. The number of anilines is 1. The summed E-state index contributed by atoms with van der Waals surface area (Å²) in [6, 6.07) is 6.01. The van der Waals surface area contributed by atoms with E-state index in [9.17, 15) is 20.2 Å². The van der Waals surface area contributed by atoms with Gasteiger partial charge in [0.25, 0.3) is 5.69 Å². The van der Waals surface area contributed by atoms with Gasteiger partial charge in [-0.05, 0) is 11.0 Å². The standard InChI is InChI=1S/C11H10N6O4/c1-15-8(6-12-11(15)17(20)21)7-13-14-9-4-2-3-5-10(9)16(18)19/h2-7,14H,1H3/b13-7+. The highest BCUT2D eigenvalue weighted by atomic mass is 16.6. The van der Waals surface area contributed by atoms with E-state index in [1.54, 1.807) is 6.07 Å². The summed E-state index contributed by atoms with van der Waals surface area (Å²) in [5, 5.41) is 25.3. The summed E-state index contributed by atoms with van der Waals surface area (Å²) in [5.41, 5.74) is 3.01. The molecule has 1 aromatic carbocycles. The van der Waals surface area contributed by atoms with Crippen LogP contribution in [-0.4, -0.2) is 25.6 Å². The molecule has 0 fully saturated rings. The SMILES string of the molecule is Cn1c(/C=N/Nc2ccccc2[N+](=O)[O-])cnc1[N+](=O)[O-]. The Morgan fingerprint density at radius 1 is 1.29 bits per heavy atom. The number of benzene rings is 1. The molecular weight excluding hydrogens is 280 g/mol. The Kier molecular flexibility index (Phi) is 3.88. The quantitative estimate of drug-likeness (QED) is 0.506. The number of para-hydroxylation sites is 2. The van der Waals surface area contributed by atoms with Gasteiger partial charge < -0.3 is 10.1 Å². The first-order chi connectivity index (χ1) is 10.0. The highest BCUT2D eigenvalue weighted by Crippen LogP contribution is 2.22. The Morgan fingerprint density at radius 2 is 2.00 bits per heavy atom. The zero-order valence-corrected chi connectivity index (χ0v) is 10.8. The zero-order chi connectivity index (χ0) is 15.4. The van der Waals surface area contributed by atoms with Crippen LogP contribution in [0.1, 0.15) is 5.69 Å². The van der Waals surface area contributed by atoms with Gasteiger partial charge in [-0.25, -0.2) is 4.57 Å². The van der Waals surface area contributed by atoms with Gasteiger partial charge in [-0.2, -0.15) is 5.10 Å². The third-order valence-corrected chi connectivity index (χ3v) is 2.65. The van der Waals surface area contributed by atoms with Gasteiger partial charge in [-0.1, -0.05) is 17.1 Å². The van der Waals surface area contributed by atoms with E-state index in [1.165, 1.54) is 42.2 Å². The molecule has 21 heavy (non-hydrogen) atoms. The van der Waals surface area contributed by atoms with Crippen molar-refractivity contribution in [3.05, 3.63) is 56.4 Å². The number of imidazole rings is 1. The molecular formula is C11H10N6O4. The summed E-state index contributed by atoms with van der Waals surface area (Å²) in [4.78, 5) is 23.9. The number of nitro benzene ring substituents is 1. The van der Waals surface area contributed by atoms with Crippen LogP contribution in [0.4, 0.5) is 17.3 Å². The van der Waals surface area contributed by atoms with Crippen LogP contribution in [0, 0.1) is 20.2 Å². The van der Waals surface area contributed by atoms with Crippen molar-refractivity contribution in [2.75, 3.05) is 5.43 Å². The van der Waals surface area contributed by atoms with E-state index in [4.69, 9.17) is 0 Å². The summed E-state index contributed by atoms with van der Waals surface area (Å²) in [7, 11) is 1.47. The largest absolute Gasteiger partial charge is 0.434 e. The fraction of sp³-hybridized carbons (Fsp3) is 0.0909. The Balaban J connectivity index is 2.17. The number of hydrogen-bond donors (Lipinski definition) is 1. The topological polar surface area (TPSA) is 128 Å². The fourth-order valence-electron chi connectivity index (χ4n) is 1.60. The van der Waals surface area contributed by atoms with Gasteiger partial charge in [-0.15, -0.1) is 0 Å². The minimum absolute atomic E-state index is 0.120. The average Bonchev–Trinajstić information content (AvgIpc) is 2.81. The van der Waals surface area contributed by atoms with Gasteiger partial charge >= 0.3 is 5.95 Å². The van der Waals surface area contributed by atoms with Crippen LogP contribution < -0.4 is 5.43 Å². The number of nitrogens with zero attached hydrogens (tertiary/aromatic N) is 5. The average molecular weight is 290 g/mol. The fourth-order valence-corrected chi connectivity index (χ4v) is 1.60. The van der Waals surface area contributed by atoms with Crippen LogP contribution in [0.2, 0.25) is 0 Å². The van der Waals surface area contributed by atoms with Crippen molar-refractivity contribution < 1.29 is 9.85 Å². The number of hydrazone groups is 1. The highest BCUT2D eigenvalue weighted by Gasteiger charge is 2.16. The van der Waals surface area contributed by atoms with Crippen molar-refractivity contribution in [1.82, 2.24) is 9.55 Å². The van der Waals surface area contributed by atoms with E-state index < -0.39 is 9.85 Å². The molecule has 108 valence electrons. The van der Waals surface area contributed by atoms with E-state index in [1.807, 2.05) is 0 Å². The molecule has 1 heterocycles. The Labute approximate surface area is 118 Å². The molecule has 0 radical (unpaired) electrons. The molecule has 0 atom stereocenters. The lowest BCUT2D eigenvalue weighted by Crippen LogP contribution is -2.02. The van der Waals surface area contributed by atoms with E-state index >= 15 is 0 Å². The molecule has 0 aliphatic heterocycles. The third kappa shape index (κ3) is 3.00. The molecule has 0 bridgehead atoms. The molecule has 0 aliphatic rings. The van der Waals surface area contributed by atoms with Crippen LogP contribution in [-0.2, 0) is 7.05 Å². The van der Waals surface area contributed by atoms with Crippen LogP contribution in [0.25, 0.3) is 0 Å². The highest BCUT2D eigenvalue weighted by molar-refractivity contribution is 5.78. The molecule has 0 aliphatic carbocycles. The Hall–Kier alpha value is -3.30. The first-order valence-corrected chi connectivity index (χ1v) is 5.69. The number of hydrogen-bond acceptors (Lipinski definition) is 7. The lowest BCUT2D eigenvalue weighted by atomic mass is 10.3. The van der Waals surface area contributed by atoms with Gasteiger partial charge in [0.05, 0.1) is 18.2 Å². The van der Waals surface area contributed by atoms with E-state index in [0.717, 1.165) is 0 Å². The van der Waals surface area contributed by atoms with E-state index in [-0.39, 0.29) is 17.3 Å². The summed E-state index contributed by atoms with van der Waals surface area (Å²) in [5.74, 6) is -0.317. The summed E-state index contributed by atoms with van der Waals surface area (Å²) in [6.45, 7) is 0. The van der Waals surface area contributed by atoms with Gasteiger partial charge in [0.2, 0.25) is 0 Å². The summed E-state index contributed by atoms with van der Waals surface area (Å²) >= 11 is 0. The number of nitro groups is 2. The zero-order valence-electron chi connectivity index (χ0n) is 10.8. The van der Waals surface area contributed by atoms with Crippen molar-refractivity contribution in [3.8, 4) is 0 Å². The predicted octanol–water partition coefficient (Wildman–Crippen LogP) is 1.68. The van der Waals surface area contributed by atoms with Crippen LogP contribution >= 0.6 is 0 Å². The minimum atomic E-state index is -0.618. The molecule has 0 spiro atoms. The maximum Gasteiger partial charge on any atom is 0.434 e. The maximum absolute atomic E-state index is 10.8. The van der Waals surface area contributed by atoms with Crippen molar-refractivity contribution in [2.24, 2.45) is 12.1 Å². The molecule has 0 saturated carbocycles. The molecule has 2 aromatic rings. The lowest BCUT2D eigenvalue weighted by molar-refractivity contribution is -0.396. The van der Waals surface area contributed by atoms with Gasteiger partial charge in [0, 0.05) is 6.07 Å². The Morgan fingerprint density at radius 3 is 2.62 bits per heavy atom. The first kappa shape index (κ1) is 14.1. The van der Waals surface area contributed by atoms with Crippen LogP contribution in [0.3, 0.4) is 0 Å². The molecule has 1 aromatic heterocycles. The third-order valence-electron chi connectivity index (χ3n) is 2.65. The first-order valence-electron chi connectivity index (χ1n) is 5.69. The molecule has 0 saturated heterocycles. The molecule has 10 heteroatoms. The molecule has 2 rings (SSSR count). The lowest BCUT2D eigenvalue weighted by Gasteiger charge is -2.00. The van der Waals surface area contributed by atoms with Crippen molar-refractivity contribution >= 4 is 23.5 Å². The van der Waals surface area contributed by atoms with Crippen LogP contribution in [0.15, 0.2) is 35.6 Å². The summed E-state index contributed by atoms with van der Waals surface area (Å²) < 4.78 is 1.24. The molecule has 1 N–H and O–H groups in total. The minimum Gasteiger partial charge on any atom is -0.390 e. The molecule has 10 nitrogen and oxygen atoms in total. The normalized spacial score (nSPS) is 10.7. The molecule has 0 amide bonds. The maximum atomic E-state index is 10.8. The monoisotopic (exact) mass is 290 g/mol.